The van der Waals surface area contributed by atoms with Gasteiger partial charge in [-0.15, -0.1) is 0 Å². The highest BCUT2D eigenvalue weighted by atomic mass is 16.2. The molecule has 2 aliphatic rings. The molecular weight excluding hydrogens is 198 g/mol. The van der Waals surface area contributed by atoms with Gasteiger partial charge in [0.1, 0.15) is 0 Å². The van der Waals surface area contributed by atoms with Gasteiger partial charge >= 0.3 is 0 Å². The summed E-state index contributed by atoms with van der Waals surface area (Å²) in [7, 11) is 0. The van der Waals surface area contributed by atoms with E-state index in [1.807, 2.05) is 30.3 Å². The fraction of sp³-hybridized carbons (Fsp3) is 0.500. The van der Waals surface area contributed by atoms with Crippen LogP contribution in [-0.2, 0) is 0 Å². The van der Waals surface area contributed by atoms with Crippen molar-refractivity contribution >= 4 is 5.91 Å². The summed E-state index contributed by atoms with van der Waals surface area (Å²) in [5, 5.41) is 0. The third-order valence-corrected chi connectivity index (χ3v) is 4.21. The molecule has 1 heterocycles. The number of benzene rings is 1. The van der Waals surface area contributed by atoms with Gasteiger partial charge in [-0.2, -0.15) is 0 Å². The van der Waals surface area contributed by atoms with Crippen molar-refractivity contribution < 1.29 is 4.79 Å². The van der Waals surface area contributed by atoms with E-state index in [-0.39, 0.29) is 11.4 Å². The Morgan fingerprint density at radius 2 is 2.06 bits per heavy atom. The topological polar surface area (TPSA) is 20.3 Å². The van der Waals surface area contributed by atoms with Gasteiger partial charge in [0.2, 0.25) is 0 Å². The van der Waals surface area contributed by atoms with Crippen LogP contribution in [0.4, 0.5) is 0 Å². The van der Waals surface area contributed by atoms with Crippen LogP contribution < -0.4 is 0 Å². The Hall–Kier alpha value is -1.31. The lowest BCUT2D eigenvalue weighted by molar-refractivity contribution is 0.0705. The molecule has 1 saturated carbocycles. The van der Waals surface area contributed by atoms with Gasteiger partial charge in [0.05, 0.1) is 0 Å². The summed E-state index contributed by atoms with van der Waals surface area (Å²) < 4.78 is 0. The minimum absolute atomic E-state index is 0.224. The zero-order valence-electron chi connectivity index (χ0n) is 9.65. The second-order valence-electron chi connectivity index (χ2n) is 5.14. The molecule has 16 heavy (non-hydrogen) atoms. The van der Waals surface area contributed by atoms with Gasteiger partial charge < -0.3 is 4.90 Å². The summed E-state index contributed by atoms with van der Waals surface area (Å²) in [5.41, 5.74) is 1.07. The molecule has 0 aromatic heterocycles. The molecule has 1 unspecified atom stereocenters. The maximum Gasteiger partial charge on any atom is 0.254 e. The minimum Gasteiger partial charge on any atom is -0.333 e. The van der Waals surface area contributed by atoms with Crippen molar-refractivity contribution in [3.8, 4) is 0 Å². The van der Waals surface area contributed by atoms with Crippen molar-refractivity contribution in [1.29, 1.82) is 0 Å². The normalized spacial score (nSPS) is 32.1. The van der Waals surface area contributed by atoms with E-state index in [9.17, 15) is 4.79 Å². The van der Waals surface area contributed by atoms with Gasteiger partial charge in [-0.3, -0.25) is 4.79 Å². The van der Waals surface area contributed by atoms with Gasteiger partial charge in [-0.05, 0) is 37.3 Å². The lowest BCUT2D eigenvalue weighted by atomic mass is 10.1. The molecule has 0 radical (unpaired) electrons. The molecule has 1 aliphatic heterocycles. The van der Waals surface area contributed by atoms with E-state index in [0.29, 0.717) is 5.92 Å². The first kappa shape index (κ1) is 9.88. The number of carbonyl (C=O) groups excluding carboxylic acids is 1. The molecule has 3 rings (SSSR count). The van der Waals surface area contributed by atoms with Crippen molar-refractivity contribution in [2.24, 2.45) is 5.92 Å². The molecule has 1 aromatic rings. The first-order chi connectivity index (χ1) is 7.74. The summed E-state index contributed by atoms with van der Waals surface area (Å²) in [6, 6.07) is 9.66. The van der Waals surface area contributed by atoms with Crippen molar-refractivity contribution in [3.63, 3.8) is 0 Å². The number of rotatable bonds is 1. The van der Waals surface area contributed by atoms with Gasteiger partial charge in [0.15, 0.2) is 0 Å². The smallest absolute Gasteiger partial charge is 0.254 e. The van der Waals surface area contributed by atoms with Crippen molar-refractivity contribution in [3.05, 3.63) is 35.9 Å². The lowest BCUT2D eigenvalue weighted by Crippen LogP contribution is -2.38. The SMILES string of the molecule is C[C@@H]1CC12CCCN2C(=O)c1ccccc1. The zero-order valence-corrected chi connectivity index (χ0v) is 9.65. The molecule has 0 N–H and O–H groups in total. The lowest BCUT2D eigenvalue weighted by Gasteiger charge is -2.25. The predicted molar refractivity (Wildman–Crippen MR) is 63.2 cm³/mol. The Labute approximate surface area is 96.3 Å². The highest BCUT2D eigenvalue weighted by Crippen LogP contribution is 2.55. The maximum absolute atomic E-state index is 12.4. The van der Waals surface area contributed by atoms with E-state index in [2.05, 4.69) is 11.8 Å². The molecule has 1 aromatic carbocycles. The van der Waals surface area contributed by atoms with Crippen LogP contribution in [0, 0.1) is 5.92 Å². The third-order valence-electron chi connectivity index (χ3n) is 4.21. The van der Waals surface area contributed by atoms with E-state index in [1.165, 1.54) is 19.3 Å². The van der Waals surface area contributed by atoms with Crippen LogP contribution in [0.2, 0.25) is 0 Å². The Morgan fingerprint density at radius 3 is 2.69 bits per heavy atom. The number of amides is 1. The number of likely N-dealkylation sites (tertiary alicyclic amines) is 1. The van der Waals surface area contributed by atoms with Crippen LogP contribution in [0.5, 0.6) is 0 Å². The Morgan fingerprint density at radius 1 is 1.38 bits per heavy atom. The van der Waals surface area contributed by atoms with Crippen LogP contribution >= 0.6 is 0 Å². The van der Waals surface area contributed by atoms with Crippen LogP contribution in [0.25, 0.3) is 0 Å². The molecule has 1 aliphatic carbocycles. The molecule has 2 atom stereocenters. The number of nitrogens with zero attached hydrogens (tertiary/aromatic N) is 1. The fourth-order valence-corrected chi connectivity index (χ4v) is 3.14. The van der Waals surface area contributed by atoms with Crippen molar-refractivity contribution in [2.75, 3.05) is 6.54 Å². The standard InChI is InChI=1S/C14H17NO/c1-11-10-14(11)8-5-9-15(14)13(16)12-6-3-2-4-7-12/h2-4,6-7,11H,5,8-10H2,1H3/t11-,14?/m1/s1. The quantitative estimate of drug-likeness (QED) is 0.705. The summed E-state index contributed by atoms with van der Waals surface area (Å²) >= 11 is 0. The summed E-state index contributed by atoms with van der Waals surface area (Å²) in [6.07, 6.45) is 3.57. The van der Waals surface area contributed by atoms with Gasteiger partial charge in [0.25, 0.3) is 5.91 Å². The summed E-state index contributed by atoms with van der Waals surface area (Å²) in [4.78, 5) is 14.5. The van der Waals surface area contributed by atoms with E-state index in [1.54, 1.807) is 0 Å². The average Bonchev–Trinajstić information content (AvgIpc) is 2.76. The Kier molecular flexibility index (Phi) is 2.06. The number of carbonyl (C=O) groups is 1. The maximum atomic E-state index is 12.4. The van der Waals surface area contributed by atoms with Crippen molar-refractivity contribution in [2.45, 2.75) is 31.7 Å². The molecule has 1 amide bonds. The van der Waals surface area contributed by atoms with Crippen LogP contribution in [0.3, 0.4) is 0 Å². The molecule has 1 spiro atoms. The van der Waals surface area contributed by atoms with E-state index < -0.39 is 0 Å². The Bertz CT molecular complexity index is 414. The second kappa shape index (κ2) is 3.34. The fourth-order valence-electron chi connectivity index (χ4n) is 3.14. The van der Waals surface area contributed by atoms with Gasteiger partial charge in [-0.1, -0.05) is 25.1 Å². The third kappa shape index (κ3) is 1.29. The number of hydrogen-bond acceptors (Lipinski definition) is 1. The van der Waals surface area contributed by atoms with Crippen LogP contribution in [0.15, 0.2) is 30.3 Å². The molecule has 0 bridgehead atoms. The molecule has 84 valence electrons. The summed E-state index contributed by atoms with van der Waals surface area (Å²) in [5.74, 6) is 0.921. The Balaban J connectivity index is 1.86. The van der Waals surface area contributed by atoms with E-state index in [4.69, 9.17) is 0 Å². The van der Waals surface area contributed by atoms with E-state index in [0.717, 1.165) is 12.1 Å². The largest absolute Gasteiger partial charge is 0.333 e. The zero-order chi connectivity index (χ0) is 11.2. The second-order valence-corrected chi connectivity index (χ2v) is 5.14. The molecule has 2 heteroatoms. The monoisotopic (exact) mass is 215 g/mol. The number of hydrogen-bond donors (Lipinski definition) is 0. The van der Waals surface area contributed by atoms with Crippen LogP contribution in [-0.4, -0.2) is 22.9 Å². The molecule has 2 nitrogen and oxygen atoms in total. The average molecular weight is 215 g/mol. The molecular formula is C14H17NO. The first-order valence-corrected chi connectivity index (χ1v) is 6.11. The highest BCUT2D eigenvalue weighted by molar-refractivity contribution is 5.95. The molecule has 2 fully saturated rings. The van der Waals surface area contributed by atoms with Crippen LogP contribution in [0.1, 0.15) is 36.5 Å². The minimum atomic E-state index is 0.224. The van der Waals surface area contributed by atoms with Gasteiger partial charge in [0, 0.05) is 17.6 Å². The summed E-state index contributed by atoms with van der Waals surface area (Å²) in [6.45, 7) is 3.20. The highest BCUT2D eigenvalue weighted by Gasteiger charge is 2.58. The predicted octanol–water partition coefficient (Wildman–Crippen LogP) is 2.70. The van der Waals surface area contributed by atoms with E-state index >= 15 is 0 Å². The van der Waals surface area contributed by atoms with Crippen molar-refractivity contribution in [1.82, 2.24) is 4.90 Å². The van der Waals surface area contributed by atoms with Gasteiger partial charge in [-0.25, -0.2) is 0 Å². The molecule has 1 saturated heterocycles. The first-order valence-electron chi connectivity index (χ1n) is 6.11.